The summed E-state index contributed by atoms with van der Waals surface area (Å²) in [6.45, 7) is 4.01. The van der Waals surface area contributed by atoms with Crippen molar-refractivity contribution in [2.45, 2.75) is 6.42 Å². The molecule has 0 spiro atoms. The summed E-state index contributed by atoms with van der Waals surface area (Å²) in [4.78, 5) is 19.4. The standard InChI is InChI=1S/C23H22F2N4O3/c1-3-18(30)12-15-4-6-16(7-5-15)27-22-20(25)14-26-23(29-22)28-17-8-9-21(19(24)13-17)32-11-10-31-2/h3-9,13-14H,1,10-12H2,2H3,(H2,26,27,28,29). The van der Waals surface area contributed by atoms with Gasteiger partial charge >= 0.3 is 0 Å². The number of nitrogens with one attached hydrogen (secondary N) is 2. The molecule has 0 fully saturated rings. The Hall–Kier alpha value is -3.85. The van der Waals surface area contributed by atoms with Gasteiger partial charge in [0.2, 0.25) is 5.95 Å². The molecule has 9 heteroatoms. The number of anilines is 4. The average molecular weight is 440 g/mol. The van der Waals surface area contributed by atoms with Crippen molar-refractivity contribution in [1.82, 2.24) is 9.97 Å². The summed E-state index contributed by atoms with van der Waals surface area (Å²) in [5.41, 5.74) is 1.75. The van der Waals surface area contributed by atoms with E-state index in [9.17, 15) is 13.6 Å². The molecule has 0 atom stereocenters. The van der Waals surface area contributed by atoms with Crippen LogP contribution in [-0.4, -0.2) is 36.1 Å². The highest BCUT2D eigenvalue weighted by atomic mass is 19.1. The molecule has 0 unspecified atom stereocenters. The molecule has 32 heavy (non-hydrogen) atoms. The maximum absolute atomic E-state index is 14.2. The zero-order chi connectivity index (χ0) is 22.9. The van der Waals surface area contributed by atoms with Gasteiger partial charge in [0.1, 0.15) is 6.61 Å². The summed E-state index contributed by atoms with van der Waals surface area (Å²) in [6, 6.07) is 11.2. The molecule has 0 aliphatic heterocycles. The number of nitrogens with zero attached hydrogens (tertiary/aromatic N) is 2. The fourth-order valence-corrected chi connectivity index (χ4v) is 2.69. The first-order chi connectivity index (χ1) is 15.5. The third-order valence-corrected chi connectivity index (χ3v) is 4.30. The van der Waals surface area contributed by atoms with Gasteiger partial charge in [-0.25, -0.2) is 13.8 Å². The van der Waals surface area contributed by atoms with Gasteiger partial charge in [0.05, 0.1) is 12.8 Å². The number of ether oxygens (including phenoxy) is 2. The van der Waals surface area contributed by atoms with Crippen LogP contribution in [0.3, 0.4) is 0 Å². The van der Waals surface area contributed by atoms with E-state index >= 15 is 0 Å². The highest BCUT2D eigenvalue weighted by molar-refractivity contribution is 5.90. The average Bonchev–Trinajstić information content (AvgIpc) is 2.79. The number of benzene rings is 2. The Morgan fingerprint density at radius 2 is 1.81 bits per heavy atom. The van der Waals surface area contributed by atoms with Crippen LogP contribution in [0.25, 0.3) is 0 Å². The quantitative estimate of drug-likeness (QED) is 0.334. The molecule has 0 saturated carbocycles. The lowest BCUT2D eigenvalue weighted by molar-refractivity contribution is -0.114. The number of allylic oxidation sites excluding steroid dienone is 1. The number of methoxy groups -OCH3 is 1. The van der Waals surface area contributed by atoms with Crippen molar-refractivity contribution < 1.29 is 23.0 Å². The Balaban J connectivity index is 1.68. The van der Waals surface area contributed by atoms with E-state index in [1.54, 1.807) is 30.3 Å². The topological polar surface area (TPSA) is 85.4 Å². The van der Waals surface area contributed by atoms with E-state index in [2.05, 4.69) is 27.2 Å². The zero-order valence-corrected chi connectivity index (χ0v) is 17.4. The smallest absolute Gasteiger partial charge is 0.229 e. The summed E-state index contributed by atoms with van der Waals surface area (Å²) in [5, 5.41) is 5.70. The summed E-state index contributed by atoms with van der Waals surface area (Å²) in [5.74, 6) is -1.20. The Labute approximate surface area is 184 Å². The number of hydrogen-bond acceptors (Lipinski definition) is 7. The minimum Gasteiger partial charge on any atom is -0.488 e. The molecular weight excluding hydrogens is 418 g/mol. The van der Waals surface area contributed by atoms with Gasteiger partial charge in [-0.3, -0.25) is 4.79 Å². The summed E-state index contributed by atoms with van der Waals surface area (Å²) < 4.78 is 38.5. The van der Waals surface area contributed by atoms with Crippen molar-refractivity contribution in [1.29, 1.82) is 0 Å². The van der Waals surface area contributed by atoms with Crippen LogP contribution in [0.15, 0.2) is 61.3 Å². The van der Waals surface area contributed by atoms with Crippen LogP contribution >= 0.6 is 0 Å². The monoisotopic (exact) mass is 440 g/mol. The number of aromatic nitrogens is 2. The lowest BCUT2D eigenvalue weighted by atomic mass is 10.1. The van der Waals surface area contributed by atoms with E-state index < -0.39 is 11.6 Å². The molecule has 0 saturated heterocycles. The third-order valence-electron chi connectivity index (χ3n) is 4.30. The van der Waals surface area contributed by atoms with Crippen molar-refractivity contribution in [3.63, 3.8) is 0 Å². The van der Waals surface area contributed by atoms with Crippen LogP contribution < -0.4 is 15.4 Å². The Morgan fingerprint density at radius 3 is 2.50 bits per heavy atom. The molecule has 0 radical (unpaired) electrons. The minimum atomic E-state index is -0.658. The molecular formula is C23H22F2N4O3. The minimum absolute atomic E-state index is 0.0580. The van der Waals surface area contributed by atoms with Crippen molar-refractivity contribution in [2.75, 3.05) is 31.0 Å². The molecule has 1 aromatic heterocycles. The van der Waals surface area contributed by atoms with Crippen molar-refractivity contribution in [2.24, 2.45) is 0 Å². The van der Waals surface area contributed by atoms with E-state index in [0.717, 1.165) is 11.8 Å². The van der Waals surface area contributed by atoms with Gasteiger partial charge in [-0.2, -0.15) is 4.98 Å². The van der Waals surface area contributed by atoms with Gasteiger partial charge in [0, 0.05) is 31.0 Å². The van der Waals surface area contributed by atoms with Gasteiger partial charge in [-0.05, 0) is 35.9 Å². The molecule has 3 rings (SSSR count). The van der Waals surface area contributed by atoms with Gasteiger partial charge in [-0.1, -0.05) is 18.7 Å². The fraction of sp³-hybridized carbons (Fsp3) is 0.174. The summed E-state index contributed by atoms with van der Waals surface area (Å²) in [6.07, 6.45) is 2.52. The first-order valence-corrected chi connectivity index (χ1v) is 9.70. The zero-order valence-electron chi connectivity index (χ0n) is 17.4. The Morgan fingerprint density at radius 1 is 1.06 bits per heavy atom. The molecule has 0 aliphatic carbocycles. The highest BCUT2D eigenvalue weighted by Gasteiger charge is 2.10. The maximum Gasteiger partial charge on any atom is 0.229 e. The number of rotatable bonds is 11. The second kappa shape index (κ2) is 11.0. The SMILES string of the molecule is C=CC(=O)Cc1ccc(Nc2nc(Nc3ccc(OCCOC)c(F)c3)ncc2F)cc1. The molecule has 0 amide bonds. The number of carbonyl (C=O) groups excluding carboxylic acids is 1. The molecule has 0 bridgehead atoms. The Kier molecular flexibility index (Phi) is 7.82. The number of halogens is 2. The van der Waals surface area contributed by atoms with Crippen LogP contribution in [0.1, 0.15) is 5.56 Å². The normalized spacial score (nSPS) is 10.5. The summed E-state index contributed by atoms with van der Waals surface area (Å²) >= 11 is 0. The van der Waals surface area contributed by atoms with E-state index in [1.165, 1.54) is 25.3 Å². The van der Waals surface area contributed by atoms with E-state index in [1.807, 2.05) is 0 Å². The van der Waals surface area contributed by atoms with Crippen molar-refractivity contribution in [3.05, 3.63) is 78.5 Å². The van der Waals surface area contributed by atoms with Crippen LogP contribution in [0.4, 0.5) is 31.9 Å². The number of ketones is 1. The predicted octanol–water partition coefficient (Wildman–Crippen LogP) is 4.56. The molecule has 166 valence electrons. The highest BCUT2D eigenvalue weighted by Crippen LogP contribution is 2.24. The third kappa shape index (κ3) is 6.32. The molecule has 1 heterocycles. The van der Waals surface area contributed by atoms with E-state index in [0.29, 0.717) is 18.0 Å². The second-order valence-electron chi connectivity index (χ2n) is 6.67. The van der Waals surface area contributed by atoms with Gasteiger partial charge in [0.15, 0.2) is 29.0 Å². The van der Waals surface area contributed by atoms with Gasteiger partial charge < -0.3 is 20.1 Å². The number of carbonyl (C=O) groups is 1. The summed E-state index contributed by atoms with van der Waals surface area (Å²) in [7, 11) is 1.53. The van der Waals surface area contributed by atoms with Crippen LogP contribution in [0, 0.1) is 11.6 Å². The Bertz CT molecular complexity index is 1090. The van der Waals surface area contributed by atoms with Gasteiger partial charge in [0.25, 0.3) is 0 Å². The van der Waals surface area contributed by atoms with Crippen LogP contribution in [0.5, 0.6) is 5.75 Å². The first-order valence-electron chi connectivity index (χ1n) is 9.70. The largest absolute Gasteiger partial charge is 0.488 e. The molecule has 2 N–H and O–H groups in total. The van der Waals surface area contributed by atoms with Crippen molar-refractivity contribution >= 4 is 28.9 Å². The lowest BCUT2D eigenvalue weighted by Crippen LogP contribution is -2.06. The van der Waals surface area contributed by atoms with E-state index in [4.69, 9.17) is 9.47 Å². The lowest BCUT2D eigenvalue weighted by Gasteiger charge is -2.11. The van der Waals surface area contributed by atoms with Gasteiger partial charge in [-0.15, -0.1) is 0 Å². The predicted molar refractivity (Wildman–Crippen MR) is 118 cm³/mol. The molecule has 0 aliphatic rings. The molecule has 3 aromatic rings. The maximum atomic E-state index is 14.2. The molecule has 2 aromatic carbocycles. The number of hydrogen-bond donors (Lipinski definition) is 2. The fourth-order valence-electron chi connectivity index (χ4n) is 2.69. The van der Waals surface area contributed by atoms with E-state index in [-0.39, 0.29) is 36.3 Å². The first kappa shape index (κ1) is 22.8. The van der Waals surface area contributed by atoms with Crippen LogP contribution in [0.2, 0.25) is 0 Å². The van der Waals surface area contributed by atoms with Crippen molar-refractivity contribution in [3.8, 4) is 5.75 Å². The second-order valence-corrected chi connectivity index (χ2v) is 6.67. The molecule has 7 nitrogen and oxygen atoms in total. The van der Waals surface area contributed by atoms with Crippen LogP contribution in [-0.2, 0) is 16.0 Å².